The second kappa shape index (κ2) is 8.55. The topological polar surface area (TPSA) is 32.3 Å². The molecule has 2 saturated heterocycles. The molecule has 0 radical (unpaired) electrons. The van der Waals surface area contributed by atoms with Crippen molar-refractivity contribution in [2.24, 2.45) is 5.92 Å². The number of fused-ring (bicyclic) bond motifs is 2. The summed E-state index contributed by atoms with van der Waals surface area (Å²) in [6.07, 6.45) is 5.57. The van der Waals surface area contributed by atoms with E-state index in [2.05, 4.69) is 19.2 Å². The van der Waals surface area contributed by atoms with Crippen molar-refractivity contribution >= 4 is 29.9 Å². The molecule has 0 aromatic heterocycles. The van der Waals surface area contributed by atoms with Crippen molar-refractivity contribution in [3.8, 4) is 0 Å². The number of piperidine rings is 1. The molecule has 1 amide bonds. The van der Waals surface area contributed by atoms with Gasteiger partial charge in [-0.2, -0.15) is 0 Å². The van der Waals surface area contributed by atoms with Crippen LogP contribution in [0.25, 0.3) is 0 Å². The Labute approximate surface area is 156 Å². The number of halogens is 2. The van der Waals surface area contributed by atoms with Gasteiger partial charge in [-0.05, 0) is 63.1 Å². The van der Waals surface area contributed by atoms with Crippen LogP contribution in [-0.4, -0.2) is 28.9 Å². The first-order chi connectivity index (χ1) is 11.0. The van der Waals surface area contributed by atoms with E-state index in [9.17, 15) is 4.79 Å². The van der Waals surface area contributed by atoms with Crippen LogP contribution in [0.4, 0.5) is 0 Å². The lowest BCUT2D eigenvalue weighted by atomic mass is 9.89. The van der Waals surface area contributed by atoms with Crippen LogP contribution in [0.15, 0.2) is 24.3 Å². The predicted octanol–water partition coefficient (Wildman–Crippen LogP) is 4.42. The third-order valence-electron chi connectivity index (χ3n) is 5.22. The highest BCUT2D eigenvalue weighted by atomic mass is 35.5. The molecule has 2 aliphatic rings. The number of hydrogen-bond donors (Lipinski definition) is 1. The standard InChI is InChI=1S/C19H27ClN2O.ClH/c1-13(2)22(12-14-4-3-5-16(20)8-14)19(23)11-15-9-17-6-7-18(10-15)21-17;/h3-5,8,13,15,17-18,21H,6-7,9-12H2,1-2H3;1H. The highest BCUT2D eigenvalue weighted by molar-refractivity contribution is 6.30. The summed E-state index contributed by atoms with van der Waals surface area (Å²) in [5.74, 6) is 0.827. The predicted molar refractivity (Wildman–Crippen MR) is 102 cm³/mol. The Bertz CT molecular complexity index is 552. The zero-order valence-corrected chi connectivity index (χ0v) is 16.1. The maximum Gasteiger partial charge on any atom is 0.223 e. The van der Waals surface area contributed by atoms with Gasteiger partial charge in [0.15, 0.2) is 0 Å². The van der Waals surface area contributed by atoms with Crippen LogP contribution in [-0.2, 0) is 11.3 Å². The molecule has 24 heavy (non-hydrogen) atoms. The van der Waals surface area contributed by atoms with Crippen LogP contribution in [0.5, 0.6) is 0 Å². The Hall–Kier alpha value is -0.770. The Morgan fingerprint density at radius 3 is 2.54 bits per heavy atom. The van der Waals surface area contributed by atoms with E-state index in [4.69, 9.17) is 11.6 Å². The van der Waals surface area contributed by atoms with Gasteiger partial charge in [0.25, 0.3) is 0 Å². The number of benzene rings is 1. The van der Waals surface area contributed by atoms with E-state index in [1.165, 1.54) is 12.8 Å². The van der Waals surface area contributed by atoms with Crippen molar-refractivity contribution in [3.63, 3.8) is 0 Å². The van der Waals surface area contributed by atoms with Gasteiger partial charge in [-0.3, -0.25) is 4.79 Å². The molecule has 2 unspecified atom stereocenters. The molecule has 134 valence electrons. The van der Waals surface area contributed by atoms with Gasteiger partial charge in [-0.15, -0.1) is 12.4 Å². The van der Waals surface area contributed by atoms with Gasteiger partial charge in [0.2, 0.25) is 5.91 Å². The highest BCUT2D eigenvalue weighted by Crippen LogP contribution is 2.33. The largest absolute Gasteiger partial charge is 0.336 e. The normalized spacial score (nSPS) is 25.4. The van der Waals surface area contributed by atoms with E-state index < -0.39 is 0 Å². The molecule has 5 heteroatoms. The molecule has 2 fully saturated rings. The summed E-state index contributed by atoms with van der Waals surface area (Å²) < 4.78 is 0. The fourth-order valence-electron chi connectivity index (χ4n) is 4.10. The van der Waals surface area contributed by atoms with Gasteiger partial charge >= 0.3 is 0 Å². The van der Waals surface area contributed by atoms with Gasteiger partial charge in [-0.25, -0.2) is 0 Å². The fourth-order valence-corrected chi connectivity index (χ4v) is 4.31. The van der Waals surface area contributed by atoms with E-state index >= 15 is 0 Å². The summed E-state index contributed by atoms with van der Waals surface area (Å²) in [6, 6.07) is 9.32. The van der Waals surface area contributed by atoms with Gasteiger partial charge in [0, 0.05) is 36.1 Å². The summed E-state index contributed by atoms with van der Waals surface area (Å²) in [5.41, 5.74) is 1.10. The van der Waals surface area contributed by atoms with Crippen LogP contribution >= 0.6 is 24.0 Å². The lowest BCUT2D eigenvalue weighted by molar-refractivity contribution is -0.134. The van der Waals surface area contributed by atoms with Gasteiger partial charge in [0.05, 0.1) is 0 Å². The number of carbonyl (C=O) groups is 1. The first kappa shape index (κ1) is 19.6. The molecule has 0 saturated carbocycles. The Kier molecular flexibility index (Phi) is 6.97. The van der Waals surface area contributed by atoms with Crippen LogP contribution in [0, 0.1) is 5.92 Å². The van der Waals surface area contributed by atoms with Gasteiger partial charge < -0.3 is 10.2 Å². The molecule has 2 bridgehead atoms. The molecule has 2 atom stereocenters. The van der Waals surface area contributed by atoms with E-state index in [-0.39, 0.29) is 24.4 Å². The lowest BCUT2D eigenvalue weighted by Gasteiger charge is -2.32. The number of hydrogen-bond acceptors (Lipinski definition) is 2. The number of nitrogens with one attached hydrogen (secondary N) is 1. The number of carbonyl (C=O) groups excluding carboxylic acids is 1. The number of amides is 1. The zero-order chi connectivity index (χ0) is 16.4. The molecule has 3 nitrogen and oxygen atoms in total. The van der Waals surface area contributed by atoms with Crippen molar-refractivity contribution in [3.05, 3.63) is 34.9 Å². The summed E-state index contributed by atoms with van der Waals surface area (Å²) in [4.78, 5) is 14.8. The minimum Gasteiger partial charge on any atom is -0.336 e. The van der Waals surface area contributed by atoms with Gasteiger partial charge in [-0.1, -0.05) is 23.7 Å². The van der Waals surface area contributed by atoms with E-state index in [0.717, 1.165) is 23.4 Å². The average Bonchev–Trinajstić information content (AvgIpc) is 2.83. The van der Waals surface area contributed by atoms with Crippen molar-refractivity contribution in [2.75, 3.05) is 0 Å². The molecule has 1 N–H and O–H groups in total. The maximum atomic E-state index is 12.8. The second-order valence-electron chi connectivity index (χ2n) is 7.42. The Morgan fingerprint density at radius 1 is 1.29 bits per heavy atom. The van der Waals surface area contributed by atoms with Crippen molar-refractivity contribution in [2.45, 2.75) is 70.6 Å². The summed E-state index contributed by atoms with van der Waals surface area (Å²) in [5, 5.41) is 4.38. The van der Waals surface area contributed by atoms with Crippen molar-refractivity contribution < 1.29 is 4.79 Å². The average molecular weight is 371 g/mol. The molecule has 2 heterocycles. The SMILES string of the molecule is CC(C)N(Cc1cccc(Cl)c1)C(=O)CC1CC2CCC(C1)N2.Cl. The van der Waals surface area contributed by atoms with Crippen LogP contribution in [0.3, 0.4) is 0 Å². The lowest BCUT2D eigenvalue weighted by Crippen LogP contribution is -2.42. The summed E-state index contributed by atoms with van der Waals surface area (Å²) >= 11 is 6.07. The van der Waals surface area contributed by atoms with E-state index in [0.29, 0.717) is 31.0 Å². The molecular weight excluding hydrogens is 343 g/mol. The van der Waals surface area contributed by atoms with E-state index in [1.54, 1.807) is 0 Å². The van der Waals surface area contributed by atoms with Crippen LogP contribution in [0.2, 0.25) is 5.02 Å². The first-order valence-corrected chi connectivity index (χ1v) is 9.19. The van der Waals surface area contributed by atoms with Crippen molar-refractivity contribution in [1.29, 1.82) is 0 Å². The Morgan fingerprint density at radius 2 is 1.96 bits per heavy atom. The van der Waals surface area contributed by atoms with Crippen LogP contribution in [0.1, 0.15) is 51.5 Å². The third-order valence-corrected chi connectivity index (χ3v) is 5.45. The zero-order valence-electron chi connectivity index (χ0n) is 14.5. The molecule has 2 aliphatic heterocycles. The quantitative estimate of drug-likeness (QED) is 0.831. The minimum absolute atomic E-state index is 0. The molecule has 1 aromatic rings. The Balaban J connectivity index is 0.00000208. The second-order valence-corrected chi connectivity index (χ2v) is 7.86. The first-order valence-electron chi connectivity index (χ1n) is 8.81. The molecule has 0 spiro atoms. The third kappa shape index (κ3) is 4.87. The van der Waals surface area contributed by atoms with Gasteiger partial charge in [0.1, 0.15) is 0 Å². The van der Waals surface area contributed by atoms with E-state index in [1.807, 2.05) is 29.2 Å². The highest BCUT2D eigenvalue weighted by Gasteiger charge is 2.35. The smallest absolute Gasteiger partial charge is 0.223 e. The molecule has 3 rings (SSSR count). The number of nitrogens with zero attached hydrogens (tertiary/aromatic N) is 1. The molecule has 0 aliphatic carbocycles. The monoisotopic (exact) mass is 370 g/mol. The maximum absolute atomic E-state index is 12.8. The van der Waals surface area contributed by atoms with Crippen LogP contribution < -0.4 is 5.32 Å². The number of rotatable bonds is 5. The van der Waals surface area contributed by atoms with Crippen molar-refractivity contribution in [1.82, 2.24) is 10.2 Å². The fraction of sp³-hybridized carbons (Fsp3) is 0.632. The summed E-state index contributed by atoms with van der Waals surface area (Å²) in [7, 11) is 0. The molecular formula is C19H28Cl2N2O. The summed E-state index contributed by atoms with van der Waals surface area (Å²) in [6.45, 7) is 4.83. The molecule has 1 aromatic carbocycles. The minimum atomic E-state index is 0.